The van der Waals surface area contributed by atoms with E-state index >= 15 is 0 Å². The zero-order chi connectivity index (χ0) is 15.1. The van der Waals surface area contributed by atoms with Crippen LogP contribution in [0.5, 0.6) is 5.75 Å². The van der Waals surface area contributed by atoms with E-state index in [2.05, 4.69) is 26.1 Å². The number of hydrogen-bond donors (Lipinski definition) is 1. The Balaban J connectivity index is 2.63. The molecular weight excluding hydrogens is 250 g/mol. The van der Waals surface area contributed by atoms with E-state index in [0.717, 1.165) is 12.2 Å². The first kappa shape index (κ1) is 16.5. The molecule has 112 valence electrons. The number of aryl methyl sites for hydroxylation is 1. The van der Waals surface area contributed by atoms with Gasteiger partial charge in [-0.2, -0.15) is 0 Å². The molecule has 0 radical (unpaired) electrons. The van der Waals surface area contributed by atoms with Crippen molar-refractivity contribution in [3.05, 3.63) is 29.8 Å². The van der Waals surface area contributed by atoms with Gasteiger partial charge in [0.1, 0.15) is 5.75 Å². The third-order valence-electron chi connectivity index (χ3n) is 3.64. The van der Waals surface area contributed by atoms with Gasteiger partial charge in [0.25, 0.3) is 5.91 Å². The lowest BCUT2D eigenvalue weighted by atomic mass is 10.1. The quantitative estimate of drug-likeness (QED) is 0.827. The third-order valence-corrected chi connectivity index (χ3v) is 3.64. The van der Waals surface area contributed by atoms with Crippen molar-refractivity contribution in [2.45, 2.75) is 59.6 Å². The van der Waals surface area contributed by atoms with Crippen molar-refractivity contribution < 1.29 is 9.53 Å². The minimum absolute atomic E-state index is 0.0340. The molecular formula is C17H27NO2. The number of carbonyl (C=O) groups excluding carboxylic acids is 1. The summed E-state index contributed by atoms with van der Waals surface area (Å²) in [5, 5.41) is 3.01. The molecule has 0 aliphatic rings. The molecule has 1 amide bonds. The third kappa shape index (κ3) is 4.87. The zero-order valence-corrected chi connectivity index (χ0v) is 13.3. The first-order valence-corrected chi connectivity index (χ1v) is 7.53. The fourth-order valence-corrected chi connectivity index (χ4v) is 1.77. The molecule has 2 atom stereocenters. The van der Waals surface area contributed by atoms with Crippen molar-refractivity contribution in [3.63, 3.8) is 0 Å². The van der Waals surface area contributed by atoms with Crippen LogP contribution >= 0.6 is 0 Å². The standard InChI is InChI=1S/C17H27NO2/c1-6-14-8-10-15(11-9-14)20-16(7-2)17(19)18-13(5)12(3)4/h8-13,16H,6-7H2,1-5H3,(H,18,19). The molecule has 0 saturated heterocycles. The van der Waals surface area contributed by atoms with Gasteiger partial charge in [0.05, 0.1) is 0 Å². The molecule has 3 nitrogen and oxygen atoms in total. The lowest BCUT2D eigenvalue weighted by molar-refractivity contribution is -0.129. The molecule has 3 heteroatoms. The minimum Gasteiger partial charge on any atom is -0.481 e. The van der Waals surface area contributed by atoms with E-state index < -0.39 is 6.10 Å². The molecule has 2 unspecified atom stereocenters. The van der Waals surface area contributed by atoms with E-state index in [1.807, 2.05) is 38.1 Å². The van der Waals surface area contributed by atoms with Gasteiger partial charge in [0.15, 0.2) is 6.10 Å². The summed E-state index contributed by atoms with van der Waals surface area (Å²) in [6.07, 6.45) is 1.24. The zero-order valence-electron chi connectivity index (χ0n) is 13.3. The Bertz CT molecular complexity index is 412. The second-order valence-electron chi connectivity index (χ2n) is 5.55. The maximum absolute atomic E-state index is 12.2. The molecule has 0 spiro atoms. The molecule has 0 aliphatic heterocycles. The van der Waals surface area contributed by atoms with Crippen LogP contribution in [0.15, 0.2) is 24.3 Å². The Kier molecular flexibility index (Phi) is 6.56. The second kappa shape index (κ2) is 7.93. The van der Waals surface area contributed by atoms with E-state index in [-0.39, 0.29) is 11.9 Å². The van der Waals surface area contributed by atoms with Gasteiger partial charge in [0, 0.05) is 6.04 Å². The Morgan fingerprint density at radius 3 is 2.20 bits per heavy atom. The molecule has 0 saturated carbocycles. The molecule has 20 heavy (non-hydrogen) atoms. The molecule has 0 bridgehead atoms. The average Bonchev–Trinajstić information content (AvgIpc) is 2.44. The minimum atomic E-state index is -0.427. The van der Waals surface area contributed by atoms with E-state index in [1.165, 1.54) is 5.56 Å². The normalized spacial score (nSPS) is 13.9. The molecule has 1 aromatic rings. The largest absolute Gasteiger partial charge is 0.481 e. The maximum Gasteiger partial charge on any atom is 0.261 e. The number of hydrogen-bond acceptors (Lipinski definition) is 2. The van der Waals surface area contributed by atoms with Crippen LogP contribution in [-0.2, 0) is 11.2 Å². The summed E-state index contributed by atoms with van der Waals surface area (Å²) < 4.78 is 5.79. The predicted octanol–water partition coefficient (Wildman–Crippen LogP) is 3.57. The van der Waals surface area contributed by atoms with Gasteiger partial charge >= 0.3 is 0 Å². The average molecular weight is 277 g/mol. The van der Waals surface area contributed by atoms with E-state index in [1.54, 1.807) is 0 Å². The van der Waals surface area contributed by atoms with E-state index in [4.69, 9.17) is 4.74 Å². The van der Waals surface area contributed by atoms with Crippen LogP contribution in [-0.4, -0.2) is 18.1 Å². The molecule has 0 heterocycles. The van der Waals surface area contributed by atoms with Crippen LogP contribution in [0.2, 0.25) is 0 Å². The van der Waals surface area contributed by atoms with Crippen molar-refractivity contribution in [1.29, 1.82) is 0 Å². The van der Waals surface area contributed by atoms with E-state index in [0.29, 0.717) is 12.3 Å². The van der Waals surface area contributed by atoms with Gasteiger partial charge in [-0.25, -0.2) is 0 Å². The number of carbonyl (C=O) groups is 1. The van der Waals surface area contributed by atoms with Crippen LogP contribution in [0, 0.1) is 5.92 Å². The Morgan fingerprint density at radius 1 is 1.15 bits per heavy atom. The molecule has 0 aliphatic carbocycles. The van der Waals surface area contributed by atoms with Gasteiger partial charge in [-0.3, -0.25) is 4.79 Å². The summed E-state index contributed by atoms with van der Waals surface area (Å²) in [7, 11) is 0. The van der Waals surface area contributed by atoms with Crippen molar-refractivity contribution in [1.82, 2.24) is 5.32 Å². The predicted molar refractivity (Wildman–Crippen MR) is 83.0 cm³/mol. The maximum atomic E-state index is 12.2. The van der Waals surface area contributed by atoms with Crippen molar-refractivity contribution in [2.75, 3.05) is 0 Å². The summed E-state index contributed by atoms with van der Waals surface area (Å²) >= 11 is 0. The molecule has 0 fully saturated rings. The van der Waals surface area contributed by atoms with Gasteiger partial charge in [0.2, 0.25) is 0 Å². The molecule has 0 aromatic heterocycles. The summed E-state index contributed by atoms with van der Waals surface area (Å²) in [5.41, 5.74) is 1.27. The van der Waals surface area contributed by atoms with E-state index in [9.17, 15) is 4.79 Å². The number of benzene rings is 1. The molecule has 1 aromatic carbocycles. The summed E-state index contributed by atoms with van der Waals surface area (Å²) in [6.45, 7) is 10.3. The lowest BCUT2D eigenvalue weighted by Crippen LogP contribution is -2.44. The smallest absolute Gasteiger partial charge is 0.261 e. The van der Waals surface area contributed by atoms with Crippen molar-refractivity contribution >= 4 is 5.91 Å². The first-order chi connectivity index (χ1) is 9.47. The fourth-order valence-electron chi connectivity index (χ4n) is 1.77. The summed E-state index contributed by atoms with van der Waals surface area (Å²) in [6, 6.07) is 8.09. The van der Waals surface area contributed by atoms with Gasteiger partial charge < -0.3 is 10.1 Å². The van der Waals surface area contributed by atoms with Crippen LogP contribution in [0.3, 0.4) is 0 Å². The highest BCUT2D eigenvalue weighted by Crippen LogP contribution is 2.15. The SMILES string of the molecule is CCc1ccc(OC(CC)C(=O)NC(C)C(C)C)cc1. The fraction of sp³-hybridized carbons (Fsp3) is 0.588. The Morgan fingerprint density at radius 2 is 1.75 bits per heavy atom. The molecule has 1 rings (SSSR count). The first-order valence-electron chi connectivity index (χ1n) is 7.53. The van der Waals surface area contributed by atoms with Crippen LogP contribution < -0.4 is 10.1 Å². The summed E-state index contributed by atoms with van der Waals surface area (Å²) in [5.74, 6) is 1.13. The van der Waals surface area contributed by atoms with Crippen LogP contribution in [0.1, 0.15) is 46.6 Å². The Hall–Kier alpha value is -1.51. The van der Waals surface area contributed by atoms with Crippen molar-refractivity contribution in [2.24, 2.45) is 5.92 Å². The van der Waals surface area contributed by atoms with Gasteiger partial charge in [-0.1, -0.05) is 39.8 Å². The Labute approximate surface area is 122 Å². The lowest BCUT2D eigenvalue weighted by Gasteiger charge is -2.22. The monoisotopic (exact) mass is 277 g/mol. The highest BCUT2D eigenvalue weighted by molar-refractivity contribution is 5.81. The summed E-state index contributed by atoms with van der Waals surface area (Å²) in [4.78, 5) is 12.2. The van der Waals surface area contributed by atoms with Crippen molar-refractivity contribution in [3.8, 4) is 5.75 Å². The number of amides is 1. The number of nitrogens with one attached hydrogen (secondary N) is 1. The number of ether oxygens (including phenoxy) is 1. The highest BCUT2D eigenvalue weighted by Gasteiger charge is 2.21. The van der Waals surface area contributed by atoms with Crippen LogP contribution in [0.25, 0.3) is 0 Å². The molecule has 1 N–H and O–H groups in total. The topological polar surface area (TPSA) is 38.3 Å². The van der Waals surface area contributed by atoms with Gasteiger partial charge in [-0.15, -0.1) is 0 Å². The second-order valence-corrected chi connectivity index (χ2v) is 5.55. The van der Waals surface area contributed by atoms with Crippen LogP contribution in [0.4, 0.5) is 0 Å². The van der Waals surface area contributed by atoms with Gasteiger partial charge in [-0.05, 0) is 43.4 Å². The highest BCUT2D eigenvalue weighted by atomic mass is 16.5. The number of rotatable bonds is 7.